The Morgan fingerprint density at radius 2 is 2.12 bits per heavy atom. The smallest absolute Gasteiger partial charge is 0.338 e. The number of benzene rings is 1. The van der Waals surface area contributed by atoms with E-state index < -0.39 is 0 Å². The number of rotatable bonds is 5. The highest BCUT2D eigenvalue weighted by atomic mass is 16.5. The van der Waals surface area contributed by atoms with Crippen molar-refractivity contribution in [3.8, 4) is 5.75 Å². The predicted octanol–water partition coefficient (Wildman–Crippen LogP) is 2.90. The topological polar surface area (TPSA) is 35.5 Å². The van der Waals surface area contributed by atoms with Gasteiger partial charge >= 0.3 is 5.97 Å². The van der Waals surface area contributed by atoms with Gasteiger partial charge in [0.05, 0.1) is 18.8 Å². The summed E-state index contributed by atoms with van der Waals surface area (Å²) < 4.78 is 10.4. The van der Waals surface area contributed by atoms with Gasteiger partial charge in [0.25, 0.3) is 0 Å². The first-order valence-corrected chi connectivity index (χ1v) is 5.53. The van der Waals surface area contributed by atoms with E-state index in [0.717, 1.165) is 0 Å². The largest absolute Gasteiger partial charge is 0.494 e. The fraction of sp³-hybridized carbons (Fsp3) is 0.462. The Morgan fingerprint density at radius 3 is 2.75 bits per heavy atom. The number of carbonyl (C=O) groups is 1. The lowest BCUT2D eigenvalue weighted by molar-refractivity contribution is 0.0458. The van der Waals surface area contributed by atoms with Crippen LogP contribution in [0.5, 0.6) is 5.75 Å². The third-order valence-electron chi connectivity index (χ3n) is 1.93. The monoisotopic (exact) mass is 222 g/mol. The van der Waals surface area contributed by atoms with Crippen LogP contribution in [0.3, 0.4) is 0 Å². The number of hydrogen-bond donors (Lipinski definition) is 0. The molecule has 1 aromatic rings. The molecule has 16 heavy (non-hydrogen) atoms. The number of esters is 1. The van der Waals surface area contributed by atoms with Gasteiger partial charge in [0.2, 0.25) is 0 Å². The normalized spacial score (nSPS) is 10.2. The molecule has 88 valence electrons. The Balaban J connectivity index is 2.64. The molecule has 0 fully saturated rings. The molecule has 0 radical (unpaired) electrons. The van der Waals surface area contributed by atoms with Gasteiger partial charge in [0.1, 0.15) is 5.75 Å². The van der Waals surface area contributed by atoms with Crippen LogP contribution >= 0.6 is 0 Å². The number of ether oxygens (including phenoxy) is 2. The van der Waals surface area contributed by atoms with Crippen LogP contribution in [0, 0.1) is 5.92 Å². The molecule has 1 aromatic carbocycles. The summed E-state index contributed by atoms with van der Waals surface area (Å²) in [6.07, 6.45) is 0. The van der Waals surface area contributed by atoms with Gasteiger partial charge in [0.15, 0.2) is 0 Å². The molecule has 0 aromatic heterocycles. The van der Waals surface area contributed by atoms with Crippen molar-refractivity contribution in [3.63, 3.8) is 0 Å². The van der Waals surface area contributed by atoms with E-state index in [0.29, 0.717) is 30.4 Å². The van der Waals surface area contributed by atoms with Crippen LogP contribution in [0.1, 0.15) is 31.1 Å². The highest BCUT2D eigenvalue weighted by Gasteiger charge is 2.08. The Bertz CT molecular complexity index is 345. The Morgan fingerprint density at radius 1 is 1.38 bits per heavy atom. The van der Waals surface area contributed by atoms with Crippen molar-refractivity contribution in [2.45, 2.75) is 20.8 Å². The maximum atomic E-state index is 11.6. The van der Waals surface area contributed by atoms with Crippen LogP contribution in [0.25, 0.3) is 0 Å². The summed E-state index contributed by atoms with van der Waals surface area (Å²) in [7, 11) is 0. The molecule has 0 heterocycles. The first kappa shape index (κ1) is 12.6. The molecule has 0 saturated carbocycles. The van der Waals surface area contributed by atoms with Crippen molar-refractivity contribution in [2.24, 2.45) is 5.92 Å². The second-order valence-electron chi connectivity index (χ2n) is 3.95. The summed E-state index contributed by atoms with van der Waals surface area (Å²) in [5, 5.41) is 0. The van der Waals surface area contributed by atoms with Gasteiger partial charge in [-0.15, -0.1) is 0 Å². The average molecular weight is 222 g/mol. The molecule has 0 aliphatic heterocycles. The molecular weight excluding hydrogens is 204 g/mol. The van der Waals surface area contributed by atoms with Crippen LogP contribution in [0.2, 0.25) is 0 Å². The Labute approximate surface area is 96.4 Å². The second kappa shape index (κ2) is 6.16. The van der Waals surface area contributed by atoms with Crippen molar-refractivity contribution in [1.29, 1.82) is 0 Å². The average Bonchev–Trinajstić information content (AvgIpc) is 2.26. The molecule has 0 amide bonds. The second-order valence-corrected chi connectivity index (χ2v) is 3.95. The molecule has 0 aliphatic carbocycles. The van der Waals surface area contributed by atoms with Crippen LogP contribution in [0.15, 0.2) is 24.3 Å². The van der Waals surface area contributed by atoms with Crippen molar-refractivity contribution in [2.75, 3.05) is 13.2 Å². The fourth-order valence-corrected chi connectivity index (χ4v) is 1.21. The molecule has 0 unspecified atom stereocenters. The van der Waals surface area contributed by atoms with Gasteiger partial charge in [-0.2, -0.15) is 0 Å². The minimum absolute atomic E-state index is 0.296. The Hall–Kier alpha value is -1.51. The van der Waals surface area contributed by atoms with Crippen molar-refractivity contribution in [1.82, 2.24) is 0 Å². The summed E-state index contributed by atoms with van der Waals surface area (Å²) in [6.45, 7) is 6.94. The summed E-state index contributed by atoms with van der Waals surface area (Å²) in [6, 6.07) is 7.04. The molecule has 0 aliphatic rings. The minimum atomic E-state index is -0.296. The standard InChI is InChI=1S/C13H18O3/c1-4-15-12-7-5-6-11(8-12)13(14)16-9-10(2)3/h5-8,10H,4,9H2,1-3H3. The quantitative estimate of drug-likeness (QED) is 0.718. The summed E-state index contributed by atoms with van der Waals surface area (Å²) in [5.41, 5.74) is 0.534. The zero-order valence-corrected chi connectivity index (χ0v) is 10.0. The molecule has 3 heteroatoms. The predicted molar refractivity (Wildman–Crippen MR) is 62.7 cm³/mol. The SMILES string of the molecule is CCOc1cccc(C(=O)OCC(C)C)c1. The van der Waals surface area contributed by atoms with Crippen LogP contribution < -0.4 is 4.74 Å². The van der Waals surface area contributed by atoms with E-state index >= 15 is 0 Å². The third kappa shape index (κ3) is 3.93. The van der Waals surface area contributed by atoms with E-state index in [4.69, 9.17) is 9.47 Å². The molecule has 3 nitrogen and oxygen atoms in total. The van der Waals surface area contributed by atoms with E-state index in [1.165, 1.54) is 0 Å². The highest BCUT2D eigenvalue weighted by Crippen LogP contribution is 2.14. The molecule has 0 N–H and O–H groups in total. The van der Waals surface area contributed by atoms with Gasteiger partial charge in [-0.1, -0.05) is 19.9 Å². The molecular formula is C13H18O3. The molecule has 0 atom stereocenters. The van der Waals surface area contributed by atoms with E-state index in [9.17, 15) is 4.79 Å². The van der Waals surface area contributed by atoms with Crippen LogP contribution in [0.4, 0.5) is 0 Å². The molecule has 1 rings (SSSR count). The number of carbonyl (C=O) groups excluding carboxylic acids is 1. The lowest BCUT2D eigenvalue weighted by Gasteiger charge is -2.08. The molecule has 0 bridgehead atoms. The van der Waals surface area contributed by atoms with Gasteiger partial charge in [-0.3, -0.25) is 0 Å². The molecule has 0 saturated heterocycles. The Kier molecular flexibility index (Phi) is 4.83. The highest BCUT2D eigenvalue weighted by molar-refractivity contribution is 5.89. The van der Waals surface area contributed by atoms with Crippen molar-refractivity contribution < 1.29 is 14.3 Å². The maximum Gasteiger partial charge on any atom is 0.338 e. The van der Waals surface area contributed by atoms with Gasteiger partial charge in [0, 0.05) is 0 Å². The van der Waals surface area contributed by atoms with E-state index in [1.54, 1.807) is 18.2 Å². The maximum absolute atomic E-state index is 11.6. The zero-order chi connectivity index (χ0) is 12.0. The van der Waals surface area contributed by atoms with Crippen molar-refractivity contribution in [3.05, 3.63) is 29.8 Å². The van der Waals surface area contributed by atoms with E-state index in [-0.39, 0.29) is 5.97 Å². The zero-order valence-electron chi connectivity index (χ0n) is 10.0. The van der Waals surface area contributed by atoms with Gasteiger partial charge in [-0.05, 0) is 31.0 Å². The van der Waals surface area contributed by atoms with Gasteiger partial charge in [-0.25, -0.2) is 4.79 Å². The third-order valence-corrected chi connectivity index (χ3v) is 1.93. The van der Waals surface area contributed by atoms with Crippen LogP contribution in [-0.2, 0) is 4.74 Å². The first-order valence-electron chi connectivity index (χ1n) is 5.53. The van der Waals surface area contributed by atoms with E-state index in [2.05, 4.69) is 0 Å². The summed E-state index contributed by atoms with van der Waals surface area (Å²) in [4.78, 5) is 11.6. The lowest BCUT2D eigenvalue weighted by atomic mass is 10.2. The van der Waals surface area contributed by atoms with Crippen LogP contribution in [-0.4, -0.2) is 19.2 Å². The summed E-state index contributed by atoms with van der Waals surface area (Å²) >= 11 is 0. The van der Waals surface area contributed by atoms with Crippen molar-refractivity contribution >= 4 is 5.97 Å². The van der Waals surface area contributed by atoms with E-state index in [1.807, 2.05) is 26.8 Å². The minimum Gasteiger partial charge on any atom is -0.494 e. The lowest BCUT2D eigenvalue weighted by Crippen LogP contribution is -2.10. The number of hydrogen-bond acceptors (Lipinski definition) is 3. The van der Waals surface area contributed by atoms with Gasteiger partial charge < -0.3 is 9.47 Å². The molecule has 0 spiro atoms. The fourth-order valence-electron chi connectivity index (χ4n) is 1.21. The summed E-state index contributed by atoms with van der Waals surface area (Å²) in [5.74, 6) is 0.746. The first-order chi connectivity index (χ1) is 7.63.